The zero-order chi connectivity index (χ0) is 7.89. The van der Waals surface area contributed by atoms with Crippen LogP contribution in [-0.4, -0.2) is 15.6 Å². The summed E-state index contributed by atoms with van der Waals surface area (Å²) in [5, 5.41) is 8.28. The van der Waals surface area contributed by atoms with Gasteiger partial charge in [0.05, 0.1) is 0 Å². The molecule has 0 fully saturated rings. The topological polar surface area (TPSA) is 76.4 Å². The lowest BCUT2D eigenvalue weighted by molar-refractivity contribution is -0.140. The molecule has 10 heavy (non-hydrogen) atoms. The summed E-state index contributed by atoms with van der Waals surface area (Å²) < 4.78 is 0.697. The Balaban J connectivity index is 2.90. The molecule has 1 rings (SSSR count). The highest BCUT2D eigenvalue weighted by atomic mass is 16.4. The van der Waals surface area contributed by atoms with E-state index in [4.69, 9.17) is 5.11 Å². The number of carboxylic acid groups (broad SMARTS) is 1. The van der Waals surface area contributed by atoms with Crippen LogP contribution in [0.15, 0.2) is 9.59 Å². The minimum absolute atomic E-state index is 0.697. The minimum atomic E-state index is -1.17. The summed E-state index contributed by atoms with van der Waals surface area (Å²) in [4.78, 5) is 30.7. The third-order valence-electron chi connectivity index (χ3n) is 1.32. The molecule has 1 N–H and O–H groups in total. The van der Waals surface area contributed by atoms with Crippen LogP contribution in [0.25, 0.3) is 0 Å². The highest BCUT2D eigenvalue weighted by Crippen LogP contribution is 1.97. The Hall–Kier alpha value is -1.39. The molecule has 5 heteroatoms. The Morgan fingerprint density at radius 1 is 1.50 bits per heavy atom. The summed E-state index contributed by atoms with van der Waals surface area (Å²) in [5.74, 6) is -1.17. The first-order valence-corrected chi connectivity index (χ1v) is 2.66. The fourth-order valence-corrected chi connectivity index (χ4v) is 0.608. The van der Waals surface area contributed by atoms with Crippen LogP contribution < -0.4 is 11.1 Å². The van der Waals surface area contributed by atoms with E-state index in [1.54, 1.807) is 0 Å². The zero-order valence-corrected chi connectivity index (χ0v) is 5.20. The first kappa shape index (κ1) is 6.73. The summed E-state index contributed by atoms with van der Waals surface area (Å²) in [7, 11) is 0. The average molecular weight is 143 g/mol. The van der Waals surface area contributed by atoms with Crippen molar-refractivity contribution < 1.29 is 9.90 Å². The van der Waals surface area contributed by atoms with E-state index in [0.717, 1.165) is 0 Å². The Morgan fingerprint density at radius 3 is 2.00 bits per heavy atom. The predicted molar refractivity (Wildman–Crippen MR) is 31.7 cm³/mol. The van der Waals surface area contributed by atoms with Crippen LogP contribution in [0.5, 0.6) is 0 Å². The van der Waals surface area contributed by atoms with Gasteiger partial charge in [-0.15, -0.1) is 0 Å². The maximum absolute atomic E-state index is 10.3. The van der Waals surface area contributed by atoms with Gasteiger partial charge in [-0.05, 0) is 6.92 Å². The molecular weight excluding hydrogens is 138 g/mol. The van der Waals surface area contributed by atoms with Crippen molar-refractivity contribution in [1.82, 2.24) is 4.57 Å². The summed E-state index contributed by atoms with van der Waals surface area (Å²) in [6.07, 6.45) is 0. The summed E-state index contributed by atoms with van der Waals surface area (Å²) in [6, 6.07) is -1.01. The molecule has 0 aliphatic rings. The van der Waals surface area contributed by atoms with Crippen molar-refractivity contribution in [3.63, 3.8) is 0 Å². The van der Waals surface area contributed by atoms with Crippen molar-refractivity contribution in [2.24, 2.45) is 0 Å². The summed E-state index contributed by atoms with van der Waals surface area (Å²) >= 11 is 0. The lowest BCUT2D eigenvalue weighted by atomic mass is 10.4. The van der Waals surface area contributed by atoms with Crippen LogP contribution in [0.2, 0.25) is 0 Å². The standard InChI is InChI=1S/C5H5NO4/c1-2(5(9)10)6-3(7)4(6)8/h2H,1H3,(H,9,10)/t2-/m1/s1. The van der Waals surface area contributed by atoms with Crippen molar-refractivity contribution in [3.8, 4) is 0 Å². The second-order valence-electron chi connectivity index (χ2n) is 1.99. The van der Waals surface area contributed by atoms with E-state index in [2.05, 4.69) is 0 Å². The van der Waals surface area contributed by atoms with E-state index >= 15 is 0 Å². The maximum Gasteiger partial charge on any atom is 0.326 e. The molecule has 0 unspecified atom stereocenters. The molecule has 5 nitrogen and oxygen atoms in total. The first-order valence-electron chi connectivity index (χ1n) is 2.66. The second-order valence-corrected chi connectivity index (χ2v) is 1.99. The van der Waals surface area contributed by atoms with Gasteiger partial charge in [-0.25, -0.2) is 4.79 Å². The van der Waals surface area contributed by atoms with Gasteiger partial charge in [0.2, 0.25) is 0 Å². The molecule has 1 aromatic heterocycles. The molecule has 0 spiro atoms. The highest BCUT2D eigenvalue weighted by Gasteiger charge is 2.26. The number of carbonyl (C=O) groups is 1. The van der Waals surface area contributed by atoms with Crippen molar-refractivity contribution in [1.29, 1.82) is 0 Å². The molecule has 54 valence electrons. The molecule has 1 aromatic rings. The van der Waals surface area contributed by atoms with E-state index in [0.29, 0.717) is 4.57 Å². The minimum Gasteiger partial charge on any atom is -0.480 e. The van der Waals surface area contributed by atoms with E-state index in [1.165, 1.54) is 6.92 Å². The molecule has 0 radical (unpaired) electrons. The Bertz CT molecular complexity index is 305. The molecular formula is C5H5NO4. The molecule has 0 aliphatic carbocycles. The van der Waals surface area contributed by atoms with Gasteiger partial charge in [-0.2, -0.15) is 0 Å². The van der Waals surface area contributed by atoms with Gasteiger partial charge < -0.3 is 5.11 Å². The van der Waals surface area contributed by atoms with Gasteiger partial charge in [0.25, 0.3) is 0 Å². The van der Waals surface area contributed by atoms with Crippen LogP contribution in [0, 0.1) is 0 Å². The third kappa shape index (κ3) is 0.754. The van der Waals surface area contributed by atoms with Crippen molar-refractivity contribution in [3.05, 3.63) is 20.7 Å². The van der Waals surface area contributed by atoms with Gasteiger partial charge in [0.15, 0.2) is 0 Å². The van der Waals surface area contributed by atoms with Crippen LogP contribution in [0.4, 0.5) is 0 Å². The number of aliphatic carboxylic acids is 1. The Labute approximate surface area is 55.2 Å². The molecule has 0 aliphatic heterocycles. The Kier molecular flexibility index (Phi) is 1.21. The third-order valence-corrected chi connectivity index (χ3v) is 1.32. The zero-order valence-electron chi connectivity index (χ0n) is 5.20. The van der Waals surface area contributed by atoms with Gasteiger partial charge >= 0.3 is 17.1 Å². The first-order chi connectivity index (χ1) is 4.55. The van der Waals surface area contributed by atoms with E-state index in [9.17, 15) is 14.4 Å². The Morgan fingerprint density at radius 2 is 1.90 bits per heavy atom. The number of carboxylic acids is 1. The molecule has 0 saturated heterocycles. The molecule has 0 amide bonds. The number of hydrogen-bond acceptors (Lipinski definition) is 3. The summed E-state index contributed by atoms with van der Waals surface area (Å²) in [6.45, 7) is 1.28. The van der Waals surface area contributed by atoms with Crippen LogP contribution in [-0.2, 0) is 4.79 Å². The largest absolute Gasteiger partial charge is 0.480 e. The van der Waals surface area contributed by atoms with Gasteiger partial charge in [0.1, 0.15) is 6.04 Å². The smallest absolute Gasteiger partial charge is 0.326 e. The predicted octanol–water partition coefficient (Wildman–Crippen LogP) is -1.27. The molecule has 1 atom stereocenters. The number of aromatic nitrogens is 1. The summed E-state index contributed by atoms with van der Waals surface area (Å²) in [5.41, 5.74) is -1.43. The fourth-order valence-electron chi connectivity index (χ4n) is 0.608. The molecule has 1 heterocycles. The van der Waals surface area contributed by atoms with E-state index in [-0.39, 0.29) is 0 Å². The lowest BCUT2D eigenvalue weighted by Crippen LogP contribution is -2.14. The highest BCUT2D eigenvalue weighted by molar-refractivity contribution is 5.71. The van der Waals surface area contributed by atoms with Crippen LogP contribution >= 0.6 is 0 Å². The monoisotopic (exact) mass is 143 g/mol. The fraction of sp³-hybridized carbons (Fsp3) is 0.400. The van der Waals surface area contributed by atoms with Crippen molar-refractivity contribution >= 4 is 5.97 Å². The SMILES string of the molecule is C[C@H](C(=O)O)n1c(=O)c1=O. The number of hydrogen-bond donors (Lipinski definition) is 1. The molecule has 0 aromatic carbocycles. The number of nitrogens with zero attached hydrogens (tertiary/aromatic N) is 1. The van der Waals surface area contributed by atoms with Crippen molar-refractivity contribution in [2.75, 3.05) is 0 Å². The normalized spacial score (nSPS) is 13.7. The van der Waals surface area contributed by atoms with Crippen LogP contribution in [0.1, 0.15) is 13.0 Å². The van der Waals surface area contributed by atoms with Crippen LogP contribution in [0.3, 0.4) is 0 Å². The second kappa shape index (κ2) is 1.80. The quantitative estimate of drug-likeness (QED) is 0.523. The van der Waals surface area contributed by atoms with Gasteiger partial charge in [-0.1, -0.05) is 0 Å². The maximum atomic E-state index is 10.3. The molecule has 0 saturated carbocycles. The van der Waals surface area contributed by atoms with E-state index < -0.39 is 23.1 Å². The lowest BCUT2D eigenvalue weighted by Gasteiger charge is -1.96. The number of rotatable bonds is 2. The van der Waals surface area contributed by atoms with Gasteiger partial charge in [-0.3, -0.25) is 14.2 Å². The van der Waals surface area contributed by atoms with Crippen molar-refractivity contribution in [2.45, 2.75) is 13.0 Å². The molecule has 0 bridgehead atoms. The van der Waals surface area contributed by atoms with Gasteiger partial charge in [0, 0.05) is 0 Å². The average Bonchev–Trinajstić information content (AvgIpc) is 2.40. The van der Waals surface area contributed by atoms with E-state index in [1.807, 2.05) is 0 Å².